The summed E-state index contributed by atoms with van der Waals surface area (Å²) in [5.41, 5.74) is 1.82. The number of likely N-dealkylation sites (N-methyl/N-ethyl adjacent to an activating group) is 1. The first-order chi connectivity index (χ1) is 14.7. The normalized spacial score (nSPS) is 17.3. The first-order valence-electron chi connectivity index (χ1n) is 10.0. The molecule has 1 aromatic carbocycles. The maximum atomic E-state index is 12.5. The van der Waals surface area contributed by atoms with Gasteiger partial charge in [-0.2, -0.15) is 0 Å². The number of sulfone groups is 1. The Bertz CT molecular complexity index is 1040. The highest BCUT2D eigenvalue weighted by Gasteiger charge is 2.34. The Balaban J connectivity index is 1.56. The van der Waals surface area contributed by atoms with Crippen LogP contribution >= 0.6 is 0 Å². The highest BCUT2D eigenvalue weighted by Crippen LogP contribution is 2.20. The molecule has 2 aromatic rings. The monoisotopic (exact) mass is 450 g/mol. The molecule has 1 aliphatic rings. The van der Waals surface area contributed by atoms with Crippen molar-refractivity contribution < 1.29 is 32.0 Å². The second-order valence-electron chi connectivity index (χ2n) is 7.43. The van der Waals surface area contributed by atoms with Crippen LogP contribution in [-0.2, 0) is 26.0 Å². The molecule has 0 radical (unpaired) electrons. The Morgan fingerprint density at radius 3 is 2.68 bits per heavy atom. The minimum absolute atomic E-state index is 0.0506. The molecule has 1 amide bonds. The third kappa shape index (κ3) is 5.63. The molecule has 0 bridgehead atoms. The van der Waals surface area contributed by atoms with Crippen LogP contribution in [-0.4, -0.2) is 61.1 Å². The van der Waals surface area contributed by atoms with Crippen LogP contribution in [0.2, 0.25) is 0 Å². The number of benzene rings is 1. The van der Waals surface area contributed by atoms with Crippen LogP contribution in [0, 0.1) is 13.8 Å². The fraction of sp³-hybridized carbons (Fsp3) is 0.476. The van der Waals surface area contributed by atoms with Gasteiger partial charge in [0.2, 0.25) is 0 Å². The lowest BCUT2D eigenvalue weighted by molar-refractivity contribution is -0.136. The number of hydrogen-bond acceptors (Lipinski definition) is 8. The molecule has 31 heavy (non-hydrogen) atoms. The van der Waals surface area contributed by atoms with Crippen molar-refractivity contribution in [3.63, 3.8) is 0 Å². The van der Waals surface area contributed by atoms with E-state index in [1.165, 1.54) is 11.0 Å². The summed E-state index contributed by atoms with van der Waals surface area (Å²) in [7, 11) is -3.12. The summed E-state index contributed by atoms with van der Waals surface area (Å²) in [6.45, 7) is 5.53. The maximum Gasteiger partial charge on any atom is 0.338 e. The number of aryl methyl sites for hydroxylation is 2. The van der Waals surface area contributed by atoms with Crippen LogP contribution in [0.4, 0.5) is 0 Å². The SMILES string of the molecule is CCN(C(=O)COC(=O)c1cccc(OCc2c(C)noc2C)c1)C1CCS(=O)(=O)C1. The molecule has 1 saturated heterocycles. The number of rotatable bonds is 8. The molecule has 0 aliphatic carbocycles. The van der Waals surface area contributed by atoms with Gasteiger partial charge in [0.25, 0.3) is 5.91 Å². The van der Waals surface area contributed by atoms with Gasteiger partial charge in [-0.1, -0.05) is 11.2 Å². The molecule has 10 heteroatoms. The van der Waals surface area contributed by atoms with E-state index in [2.05, 4.69) is 5.16 Å². The summed E-state index contributed by atoms with van der Waals surface area (Å²) in [5.74, 6) is 0.0803. The van der Waals surface area contributed by atoms with Crippen LogP contribution in [0.5, 0.6) is 5.75 Å². The number of nitrogens with zero attached hydrogens (tertiary/aromatic N) is 2. The van der Waals surface area contributed by atoms with Crippen LogP contribution in [0.25, 0.3) is 0 Å². The molecule has 2 heterocycles. The molecular weight excluding hydrogens is 424 g/mol. The number of ether oxygens (including phenoxy) is 2. The van der Waals surface area contributed by atoms with E-state index in [1.54, 1.807) is 32.0 Å². The lowest BCUT2D eigenvalue weighted by atomic mass is 10.2. The quantitative estimate of drug-likeness (QED) is 0.561. The molecule has 0 spiro atoms. The Hall–Kier alpha value is -2.88. The van der Waals surface area contributed by atoms with Crippen LogP contribution in [0.15, 0.2) is 28.8 Å². The number of amides is 1. The van der Waals surface area contributed by atoms with Crippen molar-refractivity contribution in [2.75, 3.05) is 24.7 Å². The van der Waals surface area contributed by atoms with Crippen molar-refractivity contribution in [3.8, 4) is 5.75 Å². The Kier molecular flexibility index (Phi) is 6.99. The highest BCUT2D eigenvalue weighted by atomic mass is 32.2. The summed E-state index contributed by atoms with van der Waals surface area (Å²) in [5, 5.41) is 3.87. The molecule has 0 saturated carbocycles. The first-order valence-corrected chi connectivity index (χ1v) is 11.8. The van der Waals surface area contributed by atoms with Gasteiger partial charge in [0.1, 0.15) is 18.1 Å². The van der Waals surface area contributed by atoms with Crippen LogP contribution in [0.3, 0.4) is 0 Å². The average molecular weight is 451 g/mol. The molecule has 168 valence electrons. The van der Waals surface area contributed by atoms with Gasteiger partial charge in [-0.15, -0.1) is 0 Å². The van der Waals surface area contributed by atoms with Crippen molar-refractivity contribution in [1.82, 2.24) is 10.1 Å². The van der Waals surface area contributed by atoms with E-state index in [9.17, 15) is 18.0 Å². The van der Waals surface area contributed by atoms with Crippen molar-refractivity contribution in [1.29, 1.82) is 0 Å². The van der Waals surface area contributed by atoms with Crippen molar-refractivity contribution >= 4 is 21.7 Å². The van der Waals surface area contributed by atoms with E-state index in [1.807, 2.05) is 6.92 Å². The molecule has 1 aromatic heterocycles. The fourth-order valence-electron chi connectivity index (χ4n) is 3.53. The van der Waals surface area contributed by atoms with E-state index in [0.717, 1.165) is 11.3 Å². The zero-order valence-electron chi connectivity index (χ0n) is 17.8. The Morgan fingerprint density at radius 1 is 1.29 bits per heavy atom. The Labute approximate surface area is 181 Å². The molecular formula is C21H26N2O7S. The van der Waals surface area contributed by atoms with Gasteiger partial charge in [0.15, 0.2) is 16.4 Å². The Morgan fingerprint density at radius 2 is 2.06 bits per heavy atom. The molecule has 3 rings (SSSR count). The summed E-state index contributed by atoms with van der Waals surface area (Å²) >= 11 is 0. The predicted octanol–water partition coefficient (Wildman–Crippen LogP) is 2.06. The highest BCUT2D eigenvalue weighted by molar-refractivity contribution is 7.91. The first kappa shape index (κ1) is 22.8. The lowest BCUT2D eigenvalue weighted by Crippen LogP contribution is -2.43. The third-order valence-electron chi connectivity index (χ3n) is 5.27. The van der Waals surface area contributed by atoms with E-state index >= 15 is 0 Å². The largest absolute Gasteiger partial charge is 0.489 e. The molecule has 1 fully saturated rings. The van der Waals surface area contributed by atoms with Gasteiger partial charge in [-0.3, -0.25) is 4.79 Å². The van der Waals surface area contributed by atoms with Gasteiger partial charge < -0.3 is 18.9 Å². The second kappa shape index (κ2) is 9.51. The third-order valence-corrected chi connectivity index (χ3v) is 7.02. The lowest BCUT2D eigenvalue weighted by Gasteiger charge is -2.26. The van der Waals surface area contributed by atoms with Gasteiger partial charge in [0.05, 0.1) is 28.3 Å². The zero-order valence-corrected chi connectivity index (χ0v) is 18.6. The van der Waals surface area contributed by atoms with Gasteiger partial charge >= 0.3 is 5.97 Å². The van der Waals surface area contributed by atoms with Gasteiger partial charge in [-0.25, -0.2) is 13.2 Å². The summed E-state index contributed by atoms with van der Waals surface area (Å²) < 4.78 is 39.4. The van der Waals surface area contributed by atoms with E-state index in [4.69, 9.17) is 14.0 Å². The predicted molar refractivity (Wildman–Crippen MR) is 111 cm³/mol. The number of esters is 1. The molecule has 1 aliphatic heterocycles. The van der Waals surface area contributed by atoms with Crippen molar-refractivity contribution in [2.24, 2.45) is 0 Å². The number of aromatic nitrogens is 1. The second-order valence-corrected chi connectivity index (χ2v) is 9.66. The number of carbonyl (C=O) groups excluding carboxylic acids is 2. The molecule has 1 atom stereocenters. The summed E-state index contributed by atoms with van der Waals surface area (Å²) in [4.78, 5) is 26.4. The zero-order chi connectivity index (χ0) is 22.6. The molecule has 9 nitrogen and oxygen atoms in total. The topological polar surface area (TPSA) is 116 Å². The summed E-state index contributed by atoms with van der Waals surface area (Å²) in [6.07, 6.45) is 0.403. The van der Waals surface area contributed by atoms with Crippen LogP contribution < -0.4 is 4.74 Å². The van der Waals surface area contributed by atoms with Gasteiger partial charge in [0, 0.05) is 12.6 Å². The summed E-state index contributed by atoms with van der Waals surface area (Å²) in [6, 6.07) is 6.09. The smallest absolute Gasteiger partial charge is 0.338 e. The minimum Gasteiger partial charge on any atom is -0.489 e. The maximum absolute atomic E-state index is 12.5. The standard InChI is InChI=1S/C21H26N2O7S/c1-4-23(17-8-9-31(26,27)13-17)20(24)12-29-21(25)16-6-5-7-18(10-16)28-11-19-14(2)22-30-15(19)3/h5-7,10,17H,4,8-9,11-13H2,1-3H3. The molecule has 1 unspecified atom stereocenters. The molecule has 0 N–H and O–H groups in total. The van der Waals surface area contributed by atoms with Crippen molar-refractivity contribution in [2.45, 2.75) is 39.8 Å². The van der Waals surface area contributed by atoms with Crippen molar-refractivity contribution in [3.05, 3.63) is 46.8 Å². The average Bonchev–Trinajstić information content (AvgIpc) is 3.26. The fourth-order valence-corrected chi connectivity index (χ4v) is 5.26. The van der Waals surface area contributed by atoms with Crippen LogP contribution in [0.1, 0.15) is 40.7 Å². The number of hydrogen-bond donors (Lipinski definition) is 0. The number of carbonyl (C=O) groups is 2. The van der Waals surface area contributed by atoms with E-state index in [-0.39, 0.29) is 29.7 Å². The van der Waals surface area contributed by atoms with Gasteiger partial charge in [-0.05, 0) is 45.4 Å². The van der Waals surface area contributed by atoms with E-state index in [0.29, 0.717) is 24.5 Å². The van der Waals surface area contributed by atoms with E-state index < -0.39 is 28.3 Å². The minimum atomic E-state index is -3.12.